The lowest BCUT2D eigenvalue weighted by Gasteiger charge is -2.28. The third-order valence-electron chi connectivity index (χ3n) is 4.30. The van der Waals surface area contributed by atoms with Crippen LogP contribution < -0.4 is 9.04 Å². The van der Waals surface area contributed by atoms with E-state index in [1.54, 1.807) is 12.1 Å². The van der Waals surface area contributed by atoms with Gasteiger partial charge in [-0.15, -0.1) is 6.58 Å². The zero-order valence-corrected chi connectivity index (χ0v) is 15.7. The number of hydrogen-bond donors (Lipinski definition) is 1. The van der Waals surface area contributed by atoms with Crippen LogP contribution in [0.15, 0.2) is 30.9 Å². The third kappa shape index (κ3) is 6.02. The Bertz CT molecular complexity index is 676. The summed E-state index contributed by atoms with van der Waals surface area (Å²) in [6.07, 6.45) is 6.59. The highest BCUT2D eigenvalue weighted by atomic mass is 32.2. The van der Waals surface area contributed by atoms with Crippen molar-refractivity contribution < 1.29 is 17.7 Å². The molecule has 0 atom stereocenters. The van der Waals surface area contributed by atoms with Crippen LogP contribution in [0, 0.1) is 0 Å². The average molecular weight is 368 g/mol. The highest BCUT2D eigenvalue weighted by Gasteiger charge is 2.25. The Labute approximate surface area is 151 Å². The Balaban J connectivity index is 1.80. The van der Waals surface area contributed by atoms with E-state index in [0.717, 1.165) is 54.4 Å². The minimum atomic E-state index is -4.21. The molecule has 140 valence electrons. The topological polar surface area (TPSA) is 70.1 Å². The maximum absolute atomic E-state index is 11.4. The first-order valence-corrected chi connectivity index (χ1v) is 10.1. The Morgan fingerprint density at radius 1 is 1.36 bits per heavy atom. The van der Waals surface area contributed by atoms with Crippen molar-refractivity contribution in [3.05, 3.63) is 36.4 Å². The van der Waals surface area contributed by atoms with E-state index in [0.29, 0.717) is 25.3 Å². The van der Waals surface area contributed by atoms with Gasteiger partial charge in [-0.2, -0.15) is 8.42 Å². The van der Waals surface area contributed by atoms with Crippen LogP contribution >= 0.6 is 0 Å². The van der Waals surface area contributed by atoms with E-state index in [1.165, 1.54) is 0 Å². The second-order valence-electron chi connectivity index (χ2n) is 6.40. The second-order valence-corrected chi connectivity index (χ2v) is 7.74. The molecule has 2 rings (SSSR count). The molecule has 0 saturated carbocycles. The van der Waals surface area contributed by atoms with Gasteiger partial charge in [0.15, 0.2) is 0 Å². The maximum Gasteiger partial charge on any atom is 0.359 e. The molecule has 0 spiro atoms. The lowest BCUT2D eigenvalue weighted by Crippen LogP contribution is -2.34. The normalized spacial score (nSPS) is 14.4. The standard InChI is InChI=1S/C18H28N2O4S/c1-3-11-19(2)12-5-4-6-14-24-17-9-10-18-16(15-17)8-7-13-20(18)25(21,22)23/h3,9-10,15H,1,4-8,11-14H2,2H3,(H,21,22,23). The van der Waals surface area contributed by atoms with Crippen LogP contribution in [0.3, 0.4) is 0 Å². The monoisotopic (exact) mass is 368 g/mol. The number of hydrogen-bond acceptors (Lipinski definition) is 4. The third-order valence-corrected chi connectivity index (χ3v) is 5.24. The number of rotatable bonds is 10. The van der Waals surface area contributed by atoms with Gasteiger partial charge in [0.2, 0.25) is 0 Å². The van der Waals surface area contributed by atoms with Gasteiger partial charge in [0.1, 0.15) is 5.75 Å². The highest BCUT2D eigenvalue weighted by Crippen LogP contribution is 2.32. The Morgan fingerprint density at radius 3 is 2.88 bits per heavy atom. The summed E-state index contributed by atoms with van der Waals surface area (Å²) in [4.78, 5) is 2.23. The van der Waals surface area contributed by atoms with E-state index < -0.39 is 10.3 Å². The molecule has 1 aromatic carbocycles. The van der Waals surface area contributed by atoms with Gasteiger partial charge >= 0.3 is 10.3 Å². The Hall–Kier alpha value is -1.57. The molecular weight excluding hydrogens is 340 g/mol. The molecule has 0 radical (unpaired) electrons. The molecule has 0 amide bonds. The van der Waals surface area contributed by atoms with Gasteiger partial charge in [0.25, 0.3) is 0 Å². The van der Waals surface area contributed by atoms with E-state index in [1.807, 2.05) is 12.1 Å². The second kappa shape index (κ2) is 9.22. The molecule has 0 aromatic heterocycles. The number of unbranched alkanes of at least 4 members (excludes halogenated alkanes) is 2. The average Bonchev–Trinajstić information content (AvgIpc) is 2.56. The van der Waals surface area contributed by atoms with Gasteiger partial charge in [0, 0.05) is 13.1 Å². The van der Waals surface area contributed by atoms with Crippen molar-refractivity contribution in [3.63, 3.8) is 0 Å². The van der Waals surface area contributed by atoms with Crippen LogP contribution in [0.25, 0.3) is 0 Å². The maximum atomic E-state index is 11.4. The summed E-state index contributed by atoms with van der Waals surface area (Å²) in [7, 11) is -2.12. The highest BCUT2D eigenvalue weighted by molar-refractivity contribution is 7.87. The molecule has 0 saturated heterocycles. The molecule has 7 heteroatoms. The lowest BCUT2D eigenvalue weighted by atomic mass is 10.0. The van der Waals surface area contributed by atoms with E-state index in [9.17, 15) is 13.0 Å². The minimum absolute atomic E-state index is 0.312. The van der Waals surface area contributed by atoms with Gasteiger partial charge in [-0.05, 0) is 69.5 Å². The Kier molecular flexibility index (Phi) is 7.28. The number of likely N-dealkylation sites (N-methyl/N-ethyl adjacent to an activating group) is 1. The van der Waals surface area contributed by atoms with Crippen molar-refractivity contribution in [1.82, 2.24) is 4.90 Å². The molecule has 25 heavy (non-hydrogen) atoms. The zero-order chi connectivity index (χ0) is 18.3. The first-order valence-electron chi connectivity index (χ1n) is 8.72. The fourth-order valence-corrected chi connectivity index (χ4v) is 3.82. The molecule has 0 unspecified atom stereocenters. The number of ether oxygens (including phenoxy) is 1. The van der Waals surface area contributed by atoms with Crippen LogP contribution in [-0.4, -0.2) is 51.2 Å². The number of aryl methyl sites for hydroxylation is 1. The summed E-state index contributed by atoms with van der Waals surface area (Å²) in [6.45, 7) is 6.65. The predicted molar refractivity (Wildman–Crippen MR) is 101 cm³/mol. The molecule has 1 N–H and O–H groups in total. The molecule has 1 aliphatic rings. The number of fused-ring (bicyclic) bond motifs is 1. The molecule has 1 heterocycles. The molecule has 0 aliphatic carbocycles. The molecule has 0 fully saturated rings. The fourth-order valence-electron chi connectivity index (χ4n) is 3.03. The van der Waals surface area contributed by atoms with Crippen molar-refractivity contribution in [2.45, 2.75) is 32.1 Å². The lowest BCUT2D eigenvalue weighted by molar-refractivity contribution is 0.295. The first-order chi connectivity index (χ1) is 11.9. The van der Waals surface area contributed by atoms with Crippen molar-refractivity contribution in [2.75, 3.05) is 37.6 Å². The number of nitrogens with zero attached hydrogens (tertiary/aromatic N) is 2. The van der Waals surface area contributed by atoms with Crippen molar-refractivity contribution >= 4 is 16.0 Å². The fraction of sp³-hybridized carbons (Fsp3) is 0.556. The van der Waals surface area contributed by atoms with Crippen molar-refractivity contribution in [2.24, 2.45) is 0 Å². The van der Waals surface area contributed by atoms with Crippen molar-refractivity contribution in [3.8, 4) is 5.75 Å². The molecule has 0 bridgehead atoms. The van der Waals surface area contributed by atoms with Crippen LogP contribution in [0.1, 0.15) is 31.2 Å². The van der Waals surface area contributed by atoms with E-state index in [4.69, 9.17) is 4.74 Å². The summed E-state index contributed by atoms with van der Waals surface area (Å²) in [5.41, 5.74) is 1.44. The van der Waals surface area contributed by atoms with Gasteiger partial charge in [-0.25, -0.2) is 4.31 Å². The number of anilines is 1. The summed E-state index contributed by atoms with van der Waals surface area (Å²) < 4.78 is 39.0. The van der Waals surface area contributed by atoms with Gasteiger partial charge in [-0.1, -0.05) is 6.08 Å². The Morgan fingerprint density at radius 2 is 2.16 bits per heavy atom. The smallest absolute Gasteiger partial charge is 0.359 e. The quantitative estimate of drug-likeness (QED) is 0.391. The van der Waals surface area contributed by atoms with E-state index in [-0.39, 0.29) is 0 Å². The zero-order valence-electron chi connectivity index (χ0n) is 14.9. The first kappa shape index (κ1) is 19.8. The van der Waals surface area contributed by atoms with Gasteiger partial charge < -0.3 is 9.64 Å². The number of benzene rings is 1. The minimum Gasteiger partial charge on any atom is -0.494 e. The summed E-state index contributed by atoms with van der Waals surface area (Å²) in [6, 6.07) is 5.35. The summed E-state index contributed by atoms with van der Waals surface area (Å²) in [5.74, 6) is 0.750. The largest absolute Gasteiger partial charge is 0.494 e. The van der Waals surface area contributed by atoms with Crippen LogP contribution in [0.5, 0.6) is 5.75 Å². The molecule has 1 aromatic rings. The summed E-state index contributed by atoms with van der Waals surface area (Å²) in [5, 5.41) is 0. The molecular formula is C18H28N2O4S. The SMILES string of the molecule is C=CCN(C)CCCCCOc1ccc2c(c1)CCCN2S(=O)(=O)O. The van der Waals surface area contributed by atoms with E-state index in [2.05, 4.69) is 18.5 Å². The predicted octanol–water partition coefficient (Wildman–Crippen LogP) is 2.91. The molecule has 1 aliphatic heterocycles. The van der Waals surface area contributed by atoms with Crippen LogP contribution in [0.4, 0.5) is 5.69 Å². The van der Waals surface area contributed by atoms with Crippen LogP contribution in [-0.2, 0) is 16.7 Å². The van der Waals surface area contributed by atoms with Crippen LogP contribution in [0.2, 0.25) is 0 Å². The molecule has 6 nitrogen and oxygen atoms in total. The van der Waals surface area contributed by atoms with Gasteiger partial charge in [-0.3, -0.25) is 4.55 Å². The van der Waals surface area contributed by atoms with Crippen molar-refractivity contribution in [1.29, 1.82) is 0 Å². The summed E-state index contributed by atoms with van der Waals surface area (Å²) >= 11 is 0. The van der Waals surface area contributed by atoms with E-state index >= 15 is 0 Å². The van der Waals surface area contributed by atoms with Gasteiger partial charge in [0.05, 0.1) is 12.3 Å².